The number of hydrogen-bond donors (Lipinski definition) is 2. The third-order valence-corrected chi connectivity index (χ3v) is 5.35. The molecule has 2 rings (SSSR count). The van der Waals surface area contributed by atoms with Gasteiger partial charge < -0.3 is 10.8 Å². The van der Waals surface area contributed by atoms with E-state index in [1.807, 2.05) is 0 Å². The Labute approximate surface area is 99.6 Å². The quantitative estimate of drug-likeness (QED) is 0.759. The molecule has 16 heavy (non-hydrogen) atoms. The van der Waals surface area contributed by atoms with Crippen LogP contribution < -0.4 is 5.73 Å². The summed E-state index contributed by atoms with van der Waals surface area (Å²) in [6, 6.07) is 0. The van der Waals surface area contributed by atoms with Crippen molar-refractivity contribution in [3.8, 4) is 0 Å². The minimum Gasteiger partial charge on any atom is -0.389 e. The smallest absolute Gasteiger partial charge is 0.0718 e. The Hall–Kier alpha value is -0.0800. The highest BCUT2D eigenvalue weighted by molar-refractivity contribution is 5.05. The van der Waals surface area contributed by atoms with Crippen LogP contribution in [0.25, 0.3) is 0 Å². The fraction of sp³-hybridized carbons (Fsp3) is 1.00. The molecule has 3 N–H and O–H groups in total. The van der Waals surface area contributed by atoms with E-state index in [0.29, 0.717) is 12.5 Å². The van der Waals surface area contributed by atoms with Crippen LogP contribution in [-0.4, -0.2) is 17.3 Å². The van der Waals surface area contributed by atoms with E-state index in [0.717, 1.165) is 31.6 Å². The van der Waals surface area contributed by atoms with E-state index in [1.54, 1.807) is 0 Å². The van der Waals surface area contributed by atoms with Crippen LogP contribution in [0.3, 0.4) is 0 Å². The van der Waals surface area contributed by atoms with Crippen molar-refractivity contribution < 1.29 is 5.11 Å². The van der Waals surface area contributed by atoms with Gasteiger partial charge in [-0.2, -0.15) is 0 Å². The van der Waals surface area contributed by atoms with Gasteiger partial charge in [-0.25, -0.2) is 0 Å². The predicted molar refractivity (Wildman–Crippen MR) is 67.1 cm³/mol. The summed E-state index contributed by atoms with van der Waals surface area (Å²) in [6.07, 6.45) is 7.87. The van der Waals surface area contributed by atoms with Gasteiger partial charge >= 0.3 is 0 Å². The van der Waals surface area contributed by atoms with Gasteiger partial charge in [0.15, 0.2) is 0 Å². The van der Waals surface area contributed by atoms with Crippen molar-refractivity contribution in [2.75, 3.05) is 6.54 Å². The molecule has 2 aliphatic rings. The molecule has 2 heteroatoms. The highest BCUT2D eigenvalue weighted by Gasteiger charge is 2.52. The molecule has 0 aliphatic heterocycles. The zero-order valence-corrected chi connectivity index (χ0v) is 10.8. The minimum absolute atomic E-state index is 0.0320. The zero-order valence-electron chi connectivity index (χ0n) is 10.8. The summed E-state index contributed by atoms with van der Waals surface area (Å²) in [7, 11) is 0. The predicted octanol–water partition coefficient (Wildman–Crippen LogP) is 2.69. The van der Waals surface area contributed by atoms with Crippen LogP contribution in [0.5, 0.6) is 0 Å². The van der Waals surface area contributed by atoms with Crippen molar-refractivity contribution in [3.63, 3.8) is 0 Å². The summed E-state index contributed by atoms with van der Waals surface area (Å²) in [5.74, 6) is 1.50. The van der Waals surface area contributed by atoms with Crippen molar-refractivity contribution in [1.29, 1.82) is 0 Å². The van der Waals surface area contributed by atoms with Crippen LogP contribution in [0.15, 0.2) is 0 Å². The molecule has 2 aliphatic carbocycles. The average Bonchev–Trinajstić information content (AvgIpc) is 2.62. The summed E-state index contributed by atoms with van der Waals surface area (Å²) in [5.41, 5.74) is 5.61. The Bertz CT molecular complexity index is 245. The van der Waals surface area contributed by atoms with E-state index >= 15 is 0 Å². The first-order chi connectivity index (χ1) is 7.51. The van der Waals surface area contributed by atoms with E-state index < -0.39 is 5.60 Å². The monoisotopic (exact) mass is 225 g/mol. The molecular formula is C14H27NO. The lowest BCUT2D eigenvalue weighted by molar-refractivity contribution is -0.101. The molecule has 0 amide bonds. The van der Waals surface area contributed by atoms with Crippen molar-refractivity contribution in [3.05, 3.63) is 0 Å². The lowest BCUT2D eigenvalue weighted by Crippen LogP contribution is -2.53. The molecule has 2 saturated carbocycles. The molecule has 2 fully saturated rings. The van der Waals surface area contributed by atoms with Crippen LogP contribution in [0.2, 0.25) is 0 Å². The molecule has 0 spiro atoms. The van der Waals surface area contributed by atoms with Gasteiger partial charge in [0.25, 0.3) is 0 Å². The second-order valence-corrected chi connectivity index (χ2v) is 6.55. The third kappa shape index (κ3) is 1.91. The van der Waals surface area contributed by atoms with Gasteiger partial charge in [0.05, 0.1) is 5.60 Å². The van der Waals surface area contributed by atoms with Crippen LogP contribution in [0.4, 0.5) is 0 Å². The molecular weight excluding hydrogens is 198 g/mol. The first kappa shape index (κ1) is 12.4. The fourth-order valence-corrected chi connectivity index (χ4v) is 3.92. The number of nitrogens with two attached hydrogens (primary N) is 1. The molecule has 94 valence electrons. The molecule has 0 aromatic heterocycles. The first-order valence-corrected chi connectivity index (χ1v) is 6.94. The lowest BCUT2D eigenvalue weighted by Gasteiger charge is -2.49. The van der Waals surface area contributed by atoms with E-state index in [9.17, 15) is 5.11 Å². The molecule has 0 radical (unpaired) electrons. The van der Waals surface area contributed by atoms with Crippen molar-refractivity contribution >= 4 is 0 Å². The van der Waals surface area contributed by atoms with Crippen LogP contribution in [-0.2, 0) is 0 Å². The van der Waals surface area contributed by atoms with Crippen LogP contribution >= 0.6 is 0 Å². The summed E-state index contributed by atoms with van der Waals surface area (Å²) in [5, 5.41) is 10.9. The topological polar surface area (TPSA) is 46.2 Å². The molecule has 0 heterocycles. The standard InChI is InChI=1S/C14H27NO/c1-11-3-6-13(10-15,7-4-11)14(16)8-5-12(2)9-14/h11-12,16H,3-10,15H2,1-2H3. The van der Waals surface area contributed by atoms with Crippen molar-refractivity contribution in [2.45, 2.75) is 64.4 Å². The fourth-order valence-electron chi connectivity index (χ4n) is 3.92. The number of aliphatic hydroxyl groups is 1. The van der Waals surface area contributed by atoms with Crippen LogP contribution in [0, 0.1) is 17.3 Å². The maximum Gasteiger partial charge on any atom is 0.0718 e. The summed E-state index contributed by atoms with van der Waals surface area (Å²) < 4.78 is 0. The SMILES string of the molecule is CC1CCC(CN)(C2(O)CCC(C)C2)CC1. The highest BCUT2D eigenvalue weighted by atomic mass is 16.3. The van der Waals surface area contributed by atoms with Crippen molar-refractivity contribution in [2.24, 2.45) is 23.0 Å². The summed E-state index contributed by atoms with van der Waals surface area (Å²) in [6.45, 7) is 5.25. The maximum absolute atomic E-state index is 10.9. The molecule has 0 bridgehead atoms. The lowest BCUT2D eigenvalue weighted by atomic mass is 9.60. The third-order valence-electron chi connectivity index (χ3n) is 5.35. The zero-order chi connectivity index (χ0) is 11.8. The molecule has 0 aromatic carbocycles. The molecule has 0 saturated heterocycles. The summed E-state index contributed by atoms with van der Waals surface area (Å²) in [4.78, 5) is 0. The summed E-state index contributed by atoms with van der Waals surface area (Å²) >= 11 is 0. The van der Waals surface area contributed by atoms with Gasteiger partial charge in [-0.1, -0.05) is 26.7 Å². The van der Waals surface area contributed by atoms with Crippen molar-refractivity contribution in [1.82, 2.24) is 0 Å². The number of hydrogen-bond acceptors (Lipinski definition) is 2. The largest absolute Gasteiger partial charge is 0.389 e. The molecule has 2 unspecified atom stereocenters. The van der Waals surface area contributed by atoms with E-state index in [-0.39, 0.29) is 5.41 Å². The maximum atomic E-state index is 10.9. The van der Waals surface area contributed by atoms with Gasteiger partial charge in [0.2, 0.25) is 0 Å². The second kappa shape index (κ2) is 4.30. The van der Waals surface area contributed by atoms with Gasteiger partial charge in [-0.05, 0) is 43.9 Å². The Kier molecular flexibility index (Phi) is 3.33. The molecule has 0 aromatic rings. The molecule has 2 atom stereocenters. The van der Waals surface area contributed by atoms with E-state index in [1.165, 1.54) is 19.3 Å². The van der Waals surface area contributed by atoms with E-state index in [4.69, 9.17) is 5.73 Å². The Morgan fingerprint density at radius 3 is 2.06 bits per heavy atom. The van der Waals surface area contributed by atoms with Gasteiger partial charge in [0, 0.05) is 12.0 Å². The molecule has 2 nitrogen and oxygen atoms in total. The normalized spacial score (nSPS) is 49.5. The Balaban J connectivity index is 2.15. The Morgan fingerprint density at radius 1 is 1.06 bits per heavy atom. The van der Waals surface area contributed by atoms with Crippen LogP contribution in [0.1, 0.15) is 58.8 Å². The highest BCUT2D eigenvalue weighted by Crippen LogP contribution is 2.53. The Morgan fingerprint density at radius 2 is 1.62 bits per heavy atom. The van der Waals surface area contributed by atoms with E-state index in [2.05, 4.69) is 13.8 Å². The minimum atomic E-state index is -0.457. The number of rotatable bonds is 2. The van der Waals surface area contributed by atoms with Gasteiger partial charge in [-0.15, -0.1) is 0 Å². The van der Waals surface area contributed by atoms with Gasteiger partial charge in [0.1, 0.15) is 0 Å². The second-order valence-electron chi connectivity index (χ2n) is 6.55. The van der Waals surface area contributed by atoms with Gasteiger partial charge in [-0.3, -0.25) is 0 Å². The first-order valence-electron chi connectivity index (χ1n) is 6.94. The average molecular weight is 225 g/mol.